The zero-order chi connectivity index (χ0) is 9.97. The third-order valence-corrected chi connectivity index (χ3v) is 3.33. The minimum atomic E-state index is -0.670. The van der Waals surface area contributed by atoms with Crippen LogP contribution in [0.5, 0.6) is 0 Å². The van der Waals surface area contributed by atoms with Crippen LogP contribution in [0.3, 0.4) is 0 Å². The molecule has 0 radical (unpaired) electrons. The summed E-state index contributed by atoms with van der Waals surface area (Å²) < 4.78 is 5.68. The van der Waals surface area contributed by atoms with Gasteiger partial charge in [0.05, 0.1) is 12.5 Å². The number of carbonyl (C=O) groups is 1. The average molecular weight is 198 g/mol. The number of aliphatic carboxylic acids is 1. The number of carboxylic acids is 1. The normalized spacial score (nSPS) is 29.9. The summed E-state index contributed by atoms with van der Waals surface area (Å²) >= 11 is 0. The van der Waals surface area contributed by atoms with Crippen LogP contribution in [0.4, 0.5) is 0 Å². The summed E-state index contributed by atoms with van der Waals surface area (Å²) in [6.07, 6.45) is 6.35. The van der Waals surface area contributed by atoms with Crippen molar-refractivity contribution in [3.8, 4) is 0 Å². The van der Waals surface area contributed by atoms with E-state index in [9.17, 15) is 4.79 Å². The summed E-state index contributed by atoms with van der Waals surface area (Å²) in [7, 11) is 0. The number of ether oxygens (including phenoxy) is 1. The summed E-state index contributed by atoms with van der Waals surface area (Å²) in [5, 5.41) is 8.84. The van der Waals surface area contributed by atoms with Crippen molar-refractivity contribution >= 4 is 5.97 Å². The van der Waals surface area contributed by atoms with E-state index in [1.165, 1.54) is 19.3 Å². The molecule has 80 valence electrons. The van der Waals surface area contributed by atoms with Crippen molar-refractivity contribution in [3.63, 3.8) is 0 Å². The Balaban J connectivity index is 1.90. The minimum absolute atomic E-state index is 0.229. The fourth-order valence-corrected chi connectivity index (χ4v) is 2.43. The molecule has 14 heavy (non-hydrogen) atoms. The van der Waals surface area contributed by atoms with Crippen molar-refractivity contribution in [2.24, 2.45) is 11.8 Å². The summed E-state index contributed by atoms with van der Waals surface area (Å²) in [6.45, 7) is 0.827. The Kier molecular flexibility index (Phi) is 3.06. The lowest BCUT2D eigenvalue weighted by Crippen LogP contribution is -2.31. The van der Waals surface area contributed by atoms with Gasteiger partial charge in [-0.15, -0.1) is 0 Å². The summed E-state index contributed by atoms with van der Waals surface area (Å²) in [6, 6.07) is 0. The van der Waals surface area contributed by atoms with E-state index in [4.69, 9.17) is 9.84 Å². The van der Waals surface area contributed by atoms with Gasteiger partial charge in [0.15, 0.2) is 0 Å². The number of rotatable bonds is 4. The van der Waals surface area contributed by atoms with Gasteiger partial charge in [0.1, 0.15) is 0 Å². The van der Waals surface area contributed by atoms with Crippen LogP contribution < -0.4 is 0 Å². The molecular weight excluding hydrogens is 180 g/mol. The lowest BCUT2D eigenvalue weighted by molar-refractivity contribution is -0.140. The van der Waals surface area contributed by atoms with Crippen molar-refractivity contribution in [1.29, 1.82) is 0 Å². The maximum absolute atomic E-state index is 10.7. The van der Waals surface area contributed by atoms with Crippen molar-refractivity contribution < 1.29 is 14.6 Å². The van der Waals surface area contributed by atoms with Gasteiger partial charge in [-0.3, -0.25) is 4.79 Å². The predicted molar refractivity (Wildman–Crippen MR) is 52.1 cm³/mol. The van der Waals surface area contributed by atoms with Gasteiger partial charge >= 0.3 is 5.97 Å². The van der Waals surface area contributed by atoms with E-state index in [0.717, 1.165) is 19.4 Å². The summed E-state index contributed by atoms with van der Waals surface area (Å²) in [5.41, 5.74) is 0. The molecule has 2 fully saturated rings. The molecule has 0 aromatic rings. The zero-order valence-corrected chi connectivity index (χ0v) is 8.45. The lowest BCUT2D eigenvalue weighted by Gasteiger charge is -2.29. The van der Waals surface area contributed by atoms with Gasteiger partial charge in [-0.05, 0) is 43.9 Å². The lowest BCUT2D eigenvalue weighted by atomic mass is 9.89. The minimum Gasteiger partial charge on any atom is -0.481 e. The molecule has 1 heterocycles. The van der Waals surface area contributed by atoms with Crippen LogP contribution >= 0.6 is 0 Å². The van der Waals surface area contributed by atoms with Crippen LogP contribution in [0, 0.1) is 11.8 Å². The fourth-order valence-electron chi connectivity index (χ4n) is 2.43. The molecule has 2 rings (SSSR count). The first-order valence-corrected chi connectivity index (χ1v) is 5.61. The monoisotopic (exact) mass is 198 g/mol. The quantitative estimate of drug-likeness (QED) is 0.752. The predicted octanol–water partition coefficient (Wildman–Crippen LogP) is 2.06. The van der Waals surface area contributed by atoms with Gasteiger partial charge in [-0.1, -0.05) is 0 Å². The molecule has 3 nitrogen and oxygen atoms in total. The zero-order valence-electron chi connectivity index (χ0n) is 8.45. The Bertz CT molecular complexity index is 205. The molecule has 0 spiro atoms. The molecule has 1 N–H and O–H groups in total. The number of carboxylic acid groups (broad SMARTS) is 1. The first-order valence-electron chi connectivity index (χ1n) is 5.61. The SMILES string of the molecule is O=C(O)CC(C1CC1)C1CCCCO1. The molecule has 1 aliphatic heterocycles. The molecule has 1 saturated carbocycles. The Labute approximate surface area is 84.4 Å². The highest BCUT2D eigenvalue weighted by molar-refractivity contribution is 5.67. The van der Waals surface area contributed by atoms with E-state index in [2.05, 4.69) is 0 Å². The van der Waals surface area contributed by atoms with Gasteiger partial charge in [0.2, 0.25) is 0 Å². The number of hydrogen-bond donors (Lipinski definition) is 1. The van der Waals surface area contributed by atoms with E-state index < -0.39 is 5.97 Å². The molecule has 0 bridgehead atoms. The maximum Gasteiger partial charge on any atom is 0.303 e. The van der Waals surface area contributed by atoms with E-state index >= 15 is 0 Å². The third kappa shape index (κ3) is 2.47. The van der Waals surface area contributed by atoms with Crippen molar-refractivity contribution in [1.82, 2.24) is 0 Å². The third-order valence-electron chi connectivity index (χ3n) is 3.33. The average Bonchev–Trinajstić information content (AvgIpc) is 2.99. The smallest absolute Gasteiger partial charge is 0.303 e. The molecule has 2 atom stereocenters. The Hall–Kier alpha value is -0.570. The van der Waals surface area contributed by atoms with E-state index in [-0.39, 0.29) is 12.0 Å². The Morgan fingerprint density at radius 2 is 2.14 bits per heavy atom. The van der Waals surface area contributed by atoms with Crippen LogP contribution in [0.1, 0.15) is 38.5 Å². The largest absolute Gasteiger partial charge is 0.481 e. The molecule has 1 saturated heterocycles. The molecule has 2 unspecified atom stereocenters. The Morgan fingerprint density at radius 1 is 1.36 bits per heavy atom. The van der Waals surface area contributed by atoms with Gasteiger partial charge < -0.3 is 9.84 Å². The molecule has 0 aromatic heterocycles. The van der Waals surface area contributed by atoms with Crippen LogP contribution in [-0.4, -0.2) is 23.8 Å². The van der Waals surface area contributed by atoms with Crippen LogP contribution in [0.25, 0.3) is 0 Å². The Morgan fingerprint density at radius 3 is 2.64 bits per heavy atom. The molecule has 1 aliphatic carbocycles. The molecule has 0 amide bonds. The second-order valence-electron chi connectivity index (χ2n) is 4.50. The van der Waals surface area contributed by atoms with Crippen molar-refractivity contribution in [2.45, 2.75) is 44.6 Å². The van der Waals surface area contributed by atoms with E-state index in [1.54, 1.807) is 0 Å². The van der Waals surface area contributed by atoms with Gasteiger partial charge in [-0.25, -0.2) is 0 Å². The molecular formula is C11H18O3. The van der Waals surface area contributed by atoms with E-state index in [0.29, 0.717) is 12.3 Å². The fraction of sp³-hybridized carbons (Fsp3) is 0.909. The first-order chi connectivity index (χ1) is 6.77. The van der Waals surface area contributed by atoms with E-state index in [1.807, 2.05) is 0 Å². The second kappa shape index (κ2) is 4.30. The van der Waals surface area contributed by atoms with Crippen LogP contribution in [-0.2, 0) is 9.53 Å². The highest BCUT2D eigenvalue weighted by Crippen LogP contribution is 2.42. The van der Waals surface area contributed by atoms with Crippen LogP contribution in [0.15, 0.2) is 0 Å². The van der Waals surface area contributed by atoms with Gasteiger partial charge in [0.25, 0.3) is 0 Å². The molecule has 3 heteroatoms. The molecule has 0 aromatic carbocycles. The molecule has 2 aliphatic rings. The standard InChI is InChI=1S/C11H18O3/c12-11(13)7-9(8-4-5-8)10-3-1-2-6-14-10/h8-10H,1-7H2,(H,12,13). The van der Waals surface area contributed by atoms with Gasteiger partial charge in [0, 0.05) is 6.61 Å². The second-order valence-corrected chi connectivity index (χ2v) is 4.50. The highest BCUT2D eigenvalue weighted by atomic mass is 16.5. The van der Waals surface area contributed by atoms with Crippen molar-refractivity contribution in [3.05, 3.63) is 0 Å². The topological polar surface area (TPSA) is 46.5 Å². The van der Waals surface area contributed by atoms with Crippen molar-refractivity contribution in [2.75, 3.05) is 6.61 Å². The van der Waals surface area contributed by atoms with Gasteiger partial charge in [-0.2, -0.15) is 0 Å². The first kappa shape index (κ1) is 9.97. The maximum atomic E-state index is 10.7. The highest BCUT2D eigenvalue weighted by Gasteiger charge is 2.38. The van der Waals surface area contributed by atoms with Crippen LogP contribution in [0.2, 0.25) is 0 Å². The summed E-state index contributed by atoms with van der Waals surface area (Å²) in [4.78, 5) is 10.7. The number of hydrogen-bond acceptors (Lipinski definition) is 2. The summed E-state index contributed by atoms with van der Waals surface area (Å²) in [5.74, 6) is 0.248.